The van der Waals surface area contributed by atoms with Crippen molar-refractivity contribution in [2.75, 3.05) is 6.61 Å². The first-order chi connectivity index (χ1) is 11.4. The van der Waals surface area contributed by atoms with E-state index in [1.807, 2.05) is 0 Å². The van der Waals surface area contributed by atoms with Gasteiger partial charge in [0.1, 0.15) is 12.4 Å². The smallest absolute Gasteiger partial charge is 0.184 e. The summed E-state index contributed by atoms with van der Waals surface area (Å²) >= 11 is 0. The van der Waals surface area contributed by atoms with Crippen LogP contribution >= 0.6 is 0 Å². The Morgan fingerprint density at radius 1 is 1.21 bits per heavy atom. The summed E-state index contributed by atoms with van der Waals surface area (Å²) in [7, 11) is 0. The molecule has 4 rings (SSSR count). The van der Waals surface area contributed by atoms with Gasteiger partial charge >= 0.3 is 0 Å². The molecule has 0 heterocycles. The van der Waals surface area contributed by atoms with Crippen LogP contribution in [0.1, 0.15) is 65.2 Å². The van der Waals surface area contributed by atoms with E-state index in [0.717, 1.165) is 37.7 Å². The predicted molar refractivity (Wildman–Crippen MR) is 92.3 cm³/mol. The summed E-state index contributed by atoms with van der Waals surface area (Å²) in [6.45, 7) is 4.36. The van der Waals surface area contributed by atoms with Gasteiger partial charge in [-0.3, -0.25) is 9.59 Å². The third-order valence-electron chi connectivity index (χ3n) is 8.51. The summed E-state index contributed by atoms with van der Waals surface area (Å²) in [6.07, 6.45) is 10.4. The summed E-state index contributed by atoms with van der Waals surface area (Å²) in [6, 6.07) is 0. The molecule has 3 heteroatoms. The summed E-state index contributed by atoms with van der Waals surface area (Å²) in [4.78, 5) is 24.1. The molecule has 0 spiro atoms. The van der Waals surface area contributed by atoms with Crippen LogP contribution in [-0.4, -0.2) is 23.3 Å². The van der Waals surface area contributed by atoms with Crippen LogP contribution in [0.5, 0.6) is 0 Å². The van der Waals surface area contributed by atoms with Gasteiger partial charge in [0.2, 0.25) is 0 Å². The molecule has 24 heavy (non-hydrogen) atoms. The molecule has 0 aromatic carbocycles. The second-order valence-corrected chi connectivity index (χ2v) is 9.29. The van der Waals surface area contributed by atoms with Crippen LogP contribution in [0, 0.1) is 34.5 Å². The molecule has 1 unspecified atom stereocenters. The molecule has 0 aromatic heterocycles. The summed E-state index contributed by atoms with van der Waals surface area (Å²) in [5.74, 6) is 2.92. The lowest BCUT2D eigenvalue weighted by atomic mass is 9.44. The van der Waals surface area contributed by atoms with Crippen molar-refractivity contribution >= 4 is 11.6 Å². The van der Waals surface area contributed by atoms with Gasteiger partial charge in [0.05, 0.1) is 0 Å². The fourth-order valence-electron chi connectivity index (χ4n) is 7.13. The molecular formula is C21H30O3. The molecule has 0 radical (unpaired) electrons. The van der Waals surface area contributed by atoms with E-state index in [1.165, 1.54) is 19.3 Å². The lowest BCUT2D eigenvalue weighted by molar-refractivity contribution is -0.138. The minimum atomic E-state index is -0.357. The van der Waals surface area contributed by atoms with E-state index in [9.17, 15) is 14.7 Å². The number of rotatable bonds is 2. The predicted octanol–water partition coefficient (Wildman–Crippen LogP) is 3.70. The van der Waals surface area contributed by atoms with E-state index in [4.69, 9.17) is 0 Å². The number of allylic oxidation sites excluding steroid dienone is 1. The minimum Gasteiger partial charge on any atom is -0.388 e. The number of aliphatic hydroxyl groups excluding tert-OH is 1. The van der Waals surface area contributed by atoms with E-state index in [1.54, 1.807) is 0 Å². The Morgan fingerprint density at radius 2 is 2.00 bits per heavy atom. The zero-order valence-electron chi connectivity index (χ0n) is 15.0. The quantitative estimate of drug-likeness (QED) is 0.840. The van der Waals surface area contributed by atoms with Crippen molar-refractivity contribution in [3.05, 3.63) is 11.6 Å². The fraction of sp³-hybridized carbons (Fsp3) is 0.810. The number of ketones is 2. The highest BCUT2D eigenvalue weighted by molar-refractivity contribution is 5.98. The molecule has 132 valence electrons. The van der Waals surface area contributed by atoms with Crippen molar-refractivity contribution in [3.8, 4) is 0 Å². The molecular weight excluding hydrogens is 300 g/mol. The Morgan fingerprint density at radius 3 is 2.75 bits per heavy atom. The van der Waals surface area contributed by atoms with E-state index in [0.29, 0.717) is 34.9 Å². The fourth-order valence-corrected chi connectivity index (χ4v) is 7.13. The van der Waals surface area contributed by atoms with Crippen LogP contribution in [0.15, 0.2) is 11.6 Å². The number of carbonyl (C=O) groups excluding carboxylic acids is 2. The van der Waals surface area contributed by atoms with Gasteiger partial charge in [0, 0.05) is 12.8 Å². The Hall–Kier alpha value is -0.960. The van der Waals surface area contributed by atoms with Crippen LogP contribution in [-0.2, 0) is 9.59 Å². The van der Waals surface area contributed by atoms with Gasteiger partial charge < -0.3 is 5.11 Å². The van der Waals surface area contributed by atoms with E-state index >= 15 is 0 Å². The van der Waals surface area contributed by atoms with Crippen molar-refractivity contribution in [1.29, 1.82) is 0 Å². The average Bonchev–Trinajstić information content (AvgIpc) is 2.92. The van der Waals surface area contributed by atoms with E-state index in [2.05, 4.69) is 19.9 Å². The third kappa shape index (κ3) is 2.13. The van der Waals surface area contributed by atoms with Gasteiger partial charge in [-0.05, 0) is 78.6 Å². The second-order valence-electron chi connectivity index (χ2n) is 9.29. The summed E-state index contributed by atoms with van der Waals surface area (Å²) in [5, 5.41) is 9.33. The van der Waals surface area contributed by atoms with Crippen LogP contribution in [0.3, 0.4) is 0 Å². The monoisotopic (exact) mass is 330 g/mol. The molecule has 0 amide bonds. The number of fused-ring (bicyclic) bond motifs is 5. The lowest BCUT2D eigenvalue weighted by Gasteiger charge is -2.60. The van der Waals surface area contributed by atoms with Crippen molar-refractivity contribution in [1.82, 2.24) is 0 Å². The molecule has 3 saturated carbocycles. The van der Waals surface area contributed by atoms with Crippen LogP contribution in [0.4, 0.5) is 0 Å². The standard InChI is InChI=1S/C21H30O3/c1-20-9-7-14(23)11-13(20)3-4-15-16-5-6-18(19(24)12-22)21(16,2)10-8-17(15)20/h6,13,15-17,22H,3-5,7-12H2,1-2H3/t13?,15-,16-,17-,20-,21-/m0/s1. The Bertz CT molecular complexity index is 606. The molecule has 4 aliphatic rings. The molecule has 4 aliphatic carbocycles. The van der Waals surface area contributed by atoms with E-state index in [-0.39, 0.29) is 17.8 Å². The first kappa shape index (κ1) is 16.5. The van der Waals surface area contributed by atoms with Gasteiger partial charge in [-0.1, -0.05) is 19.9 Å². The minimum absolute atomic E-state index is 0.0331. The zero-order valence-corrected chi connectivity index (χ0v) is 15.0. The zero-order chi connectivity index (χ0) is 17.1. The van der Waals surface area contributed by atoms with Crippen molar-refractivity contribution < 1.29 is 14.7 Å². The van der Waals surface area contributed by atoms with Gasteiger partial charge in [0.15, 0.2) is 5.78 Å². The first-order valence-electron chi connectivity index (χ1n) is 9.76. The molecule has 0 aromatic rings. The molecule has 6 atom stereocenters. The number of Topliss-reactive ketones (excluding diaryl/α,β-unsaturated/α-hetero) is 2. The number of hydrogen-bond acceptors (Lipinski definition) is 3. The Balaban J connectivity index is 1.62. The first-order valence-corrected chi connectivity index (χ1v) is 9.76. The SMILES string of the molecule is C[C@]12CCC(=O)CC1CC[C@@H]1[C@@H]2CC[C@]2(C)C(C(=O)CO)=CC[C@@H]12. The largest absolute Gasteiger partial charge is 0.388 e. The maximum atomic E-state index is 12.2. The highest BCUT2D eigenvalue weighted by Crippen LogP contribution is 2.66. The normalized spacial score (nSPS) is 47.5. The van der Waals surface area contributed by atoms with E-state index < -0.39 is 0 Å². The molecule has 3 fully saturated rings. The van der Waals surface area contributed by atoms with Gasteiger partial charge in [-0.15, -0.1) is 0 Å². The maximum absolute atomic E-state index is 12.2. The Kier molecular flexibility index (Phi) is 3.80. The maximum Gasteiger partial charge on any atom is 0.184 e. The van der Waals surface area contributed by atoms with Gasteiger partial charge in [-0.2, -0.15) is 0 Å². The molecule has 0 aliphatic heterocycles. The van der Waals surface area contributed by atoms with Crippen molar-refractivity contribution in [2.24, 2.45) is 34.5 Å². The Labute approximate surface area is 144 Å². The van der Waals surface area contributed by atoms with Crippen LogP contribution < -0.4 is 0 Å². The molecule has 0 saturated heterocycles. The molecule has 1 N–H and O–H groups in total. The van der Waals surface area contributed by atoms with Crippen LogP contribution in [0.2, 0.25) is 0 Å². The highest BCUT2D eigenvalue weighted by Gasteiger charge is 2.59. The molecule has 3 nitrogen and oxygen atoms in total. The number of aliphatic hydroxyl groups is 1. The third-order valence-corrected chi connectivity index (χ3v) is 8.51. The van der Waals surface area contributed by atoms with Crippen molar-refractivity contribution in [3.63, 3.8) is 0 Å². The summed E-state index contributed by atoms with van der Waals surface area (Å²) in [5.41, 5.74) is 1.19. The topological polar surface area (TPSA) is 54.4 Å². The van der Waals surface area contributed by atoms with Crippen LogP contribution in [0.25, 0.3) is 0 Å². The number of hydrogen-bond donors (Lipinski definition) is 1. The van der Waals surface area contributed by atoms with Gasteiger partial charge in [0.25, 0.3) is 0 Å². The lowest BCUT2D eigenvalue weighted by Crippen LogP contribution is -2.53. The number of carbonyl (C=O) groups is 2. The van der Waals surface area contributed by atoms with Gasteiger partial charge in [-0.25, -0.2) is 0 Å². The highest BCUT2D eigenvalue weighted by atomic mass is 16.3. The van der Waals surface area contributed by atoms with Crippen molar-refractivity contribution in [2.45, 2.75) is 65.2 Å². The second kappa shape index (κ2) is 5.52. The average molecular weight is 330 g/mol. The molecule has 0 bridgehead atoms. The summed E-state index contributed by atoms with van der Waals surface area (Å²) < 4.78 is 0.